The van der Waals surface area contributed by atoms with Crippen molar-refractivity contribution in [3.8, 4) is 22.8 Å². The van der Waals surface area contributed by atoms with Gasteiger partial charge in [0.2, 0.25) is 5.91 Å². The van der Waals surface area contributed by atoms with Gasteiger partial charge in [0.15, 0.2) is 11.5 Å². The molecule has 1 aliphatic carbocycles. The Balaban J connectivity index is 1.40. The van der Waals surface area contributed by atoms with E-state index in [1.165, 1.54) is 4.68 Å². The van der Waals surface area contributed by atoms with E-state index in [4.69, 9.17) is 9.47 Å². The molecule has 0 spiro atoms. The van der Waals surface area contributed by atoms with E-state index >= 15 is 0 Å². The van der Waals surface area contributed by atoms with Gasteiger partial charge in [0.25, 0.3) is 5.56 Å². The van der Waals surface area contributed by atoms with Crippen molar-refractivity contribution in [3.63, 3.8) is 0 Å². The average Bonchev–Trinajstić information content (AvgIpc) is 3.48. The van der Waals surface area contributed by atoms with Crippen LogP contribution < -0.4 is 15.0 Å². The first kappa shape index (κ1) is 17.3. The minimum atomic E-state index is -0.146. The summed E-state index contributed by atoms with van der Waals surface area (Å²) in [7, 11) is 0. The van der Waals surface area contributed by atoms with Gasteiger partial charge in [0.1, 0.15) is 13.2 Å². The maximum atomic E-state index is 12.5. The van der Waals surface area contributed by atoms with Crippen LogP contribution in [0.3, 0.4) is 0 Å². The second kappa shape index (κ2) is 6.96. The lowest BCUT2D eigenvalue weighted by Gasteiger charge is -2.25. The third kappa shape index (κ3) is 3.25. The van der Waals surface area contributed by atoms with E-state index in [0.29, 0.717) is 31.2 Å². The molecule has 2 aliphatic heterocycles. The summed E-state index contributed by atoms with van der Waals surface area (Å²) < 4.78 is 12.7. The molecule has 2 fully saturated rings. The zero-order valence-electron chi connectivity index (χ0n) is 15.7. The Hall–Kier alpha value is -2.83. The summed E-state index contributed by atoms with van der Waals surface area (Å²) in [6.07, 6.45) is 3.90. The monoisotopic (exact) mass is 381 g/mol. The highest BCUT2D eigenvalue weighted by molar-refractivity contribution is 5.81. The van der Waals surface area contributed by atoms with Crippen LogP contribution in [0.15, 0.2) is 35.1 Å². The molecule has 1 aromatic carbocycles. The predicted molar refractivity (Wildman–Crippen MR) is 102 cm³/mol. The summed E-state index contributed by atoms with van der Waals surface area (Å²) in [6, 6.07) is 9.00. The van der Waals surface area contributed by atoms with Gasteiger partial charge in [-0.15, -0.1) is 0 Å². The van der Waals surface area contributed by atoms with Crippen LogP contribution in [0.5, 0.6) is 11.5 Å². The topological polar surface area (TPSA) is 73.7 Å². The molecular weight excluding hydrogens is 358 g/mol. The minimum Gasteiger partial charge on any atom is -0.486 e. The maximum absolute atomic E-state index is 12.5. The largest absolute Gasteiger partial charge is 0.486 e. The number of carbonyl (C=O) groups excluding carboxylic acids is 1. The number of ether oxygens (including phenoxy) is 2. The number of amides is 1. The van der Waals surface area contributed by atoms with Crippen LogP contribution in [-0.2, 0) is 11.3 Å². The number of hydrogen-bond donors (Lipinski definition) is 0. The first-order chi connectivity index (χ1) is 13.7. The van der Waals surface area contributed by atoms with E-state index in [0.717, 1.165) is 43.5 Å². The fourth-order valence-corrected chi connectivity index (χ4v) is 4.02. The summed E-state index contributed by atoms with van der Waals surface area (Å²) in [6.45, 7) is 2.30. The normalized spacial score (nSPS) is 21.0. The molecule has 1 saturated carbocycles. The molecule has 7 heteroatoms. The molecule has 1 aromatic heterocycles. The smallest absolute Gasteiger partial charge is 0.266 e. The second-order valence-corrected chi connectivity index (χ2v) is 7.70. The van der Waals surface area contributed by atoms with Gasteiger partial charge >= 0.3 is 0 Å². The Morgan fingerprint density at radius 3 is 2.71 bits per heavy atom. The first-order valence-electron chi connectivity index (χ1n) is 9.98. The van der Waals surface area contributed by atoms with Gasteiger partial charge in [-0.05, 0) is 49.9 Å². The van der Waals surface area contributed by atoms with Crippen LogP contribution in [0.25, 0.3) is 11.3 Å². The van der Waals surface area contributed by atoms with Crippen LogP contribution in [0.4, 0.5) is 0 Å². The van der Waals surface area contributed by atoms with Crippen LogP contribution >= 0.6 is 0 Å². The molecule has 1 atom stereocenters. The predicted octanol–water partition coefficient (Wildman–Crippen LogP) is 2.08. The molecule has 2 aromatic rings. The van der Waals surface area contributed by atoms with Crippen molar-refractivity contribution in [1.82, 2.24) is 14.7 Å². The molecule has 0 unspecified atom stereocenters. The lowest BCUT2D eigenvalue weighted by Crippen LogP contribution is -2.41. The molecular formula is C21H23N3O4. The van der Waals surface area contributed by atoms with Gasteiger partial charge in [-0.25, -0.2) is 4.68 Å². The Morgan fingerprint density at radius 1 is 1.07 bits per heavy atom. The Kier molecular flexibility index (Phi) is 4.30. The molecule has 5 rings (SSSR count). The van der Waals surface area contributed by atoms with Crippen molar-refractivity contribution < 1.29 is 14.3 Å². The van der Waals surface area contributed by atoms with E-state index in [-0.39, 0.29) is 23.4 Å². The quantitative estimate of drug-likeness (QED) is 0.811. The molecule has 7 nitrogen and oxygen atoms in total. The van der Waals surface area contributed by atoms with Crippen molar-refractivity contribution in [2.75, 3.05) is 19.8 Å². The van der Waals surface area contributed by atoms with Crippen LogP contribution in [0.1, 0.15) is 25.7 Å². The van der Waals surface area contributed by atoms with E-state index < -0.39 is 0 Å². The zero-order chi connectivity index (χ0) is 19.1. The first-order valence-corrected chi connectivity index (χ1v) is 9.98. The van der Waals surface area contributed by atoms with Crippen LogP contribution in [0.2, 0.25) is 0 Å². The van der Waals surface area contributed by atoms with Gasteiger partial charge < -0.3 is 14.4 Å². The maximum Gasteiger partial charge on any atom is 0.266 e. The number of likely N-dealkylation sites (tertiary alicyclic amines) is 1. The highest BCUT2D eigenvalue weighted by Crippen LogP contribution is 2.35. The fourth-order valence-electron chi connectivity index (χ4n) is 4.02. The number of benzene rings is 1. The van der Waals surface area contributed by atoms with Gasteiger partial charge in [-0.1, -0.05) is 0 Å². The Morgan fingerprint density at radius 2 is 1.89 bits per heavy atom. The van der Waals surface area contributed by atoms with Crippen molar-refractivity contribution in [2.24, 2.45) is 5.92 Å². The van der Waals surface area contributed by atoms with E-state index in [1.807, 2.05) is 23.1 Å². The molecule has 28 heavy (non-hydrogen) atoms. The molecule has 0 bridgehead atoms. The number of fused-ring (bicyclic) bond motifs is 1. The fraction of sp³-hybridized carbons (Fsp3) is 0.476. The van der Waals surface area contributed by atoms with Crippen molar-refractivity contribution in [1.29, 1.82) is 0 Å². The number of carbonyl (C=O) groups is 1. The van der Waals surface area contributed by atoms with E-state index in [9.17, 15) is 9.59 Å². The highest BCUT2D eigenvalue weighted by atomic mass is 16.6. The molecule has 3 aliphatic rings. The van der Waals surface area contributed by atoms with Crippen LogP contribution in [-0.4, -0.2) is 46.4 Å². The van der Waals surface area contributed by atoms with Gasteiger partial charge in [0.05, 0.1) is 18.3 Å². The number of hydrogen-bond acceptors (Lipinski definition) is 5. The van der Waals surface area contributed by atoms with Gasteiger partial charge in [-0.3, -0.25) is 9.59 Å². The zero-order valence-corrected chi connectivity index (χ0v) is 15.7. The van der Waals surface area contributed by atoms with Gasteiger partial charge in [0, 0.05) is 24.1 Å². The number of rotatable bonds is 4. The second-order valence-electron chi connectivity index (χ2n) is 7.70. The number of aromatic nitrogens is 2. The molecule has 1 amide bonds. The third-order valence-electron chi connectivity index (χ3n) is 5.68. The van der Waals surface area contributed by atoms with E-state index in [1.54, 1.807) is 12.1 Å². The summed E-state index contributed by atoms with van der Waals surface area (Å²) >= 11 is 0. The highest BCUT2D eigenvalue weighted by Gasteiger charge is 2.38. The summed E-state index contributed by atoms with van der Waals surface area (Å²) in [5.74, 6) is 1.87. The third-order valence-corrected chi connectivity index (χ3v) is 5.68. The molecule has 1 saturated heterocycles. The summed E-state index contributed by atoms with van der Waals surface area (Å²) in [5.41, 5.74) is 1.43. The standard InChI is InChI=1S/C21H23N3O4/c25-20-8-6-17(15-5-7-18-19(12-15)28-11-10-27-18)22-24(20)13-16-2-1-9-23(16)21(26)14-3-4-14/h5-8,12,14,16H,1-4,9-11,13H2/t16-/m0/s1. The average molecular weight is 381 g/mol. The van der Waals surface area contributed by atoms with Crippen LogP contribution in [0, 0.1) is 5.92 Å². The van der Waals surface area contributed by atoms with Gasteiger partial charge in [-0.2, -0.15) is 5.10 Å². The van der Waals surface area contributed by atoms with Crippen molar-refractivity contribution in [2.45, 2.75) is 38.3 Å². The lowest BCUT2D eigenvalue weighted by molar-refractivity contribution is -0.133. The SMILES string of the molecule is O=C(C1CC1)N1CCC[C@H]1Cn1nc(-c2ccc3c(c2)OCCO3)ccc1=O. The lowest BCUT2D eigenvalue weighted by atomic mass is 10.1. The number of nitrogens with zero attached hydrogens (tertiary/aromatic N) is 3. The molecule has 146 valence electrons. The van der Waals surface area contributed by atoms with E-state index in [2.05, 4.69) is 5.10 Å². The molecule has 0 N–H and O–H groups in total. The Labute approximate surface area is 162 Å². The van der Waals surface area contributed by atoms with Crippen molar-refractivity contribution in [3.05, 3.63) is 40.7 Å². The molecule has 3 heterocycles. The summed E-state index contributed by atoms with van der Waals surface area (Å²) in [5, 5.41) is 4.58. The Bertz CT molecular complexity index is 966. The molecule has 0 radical (unpaired) electrons. The summed E-state index contributed by atoms with van der Waals surface area (Å²) in [4.78, 5) is 26.9. The van der Waals surface area contributed by atoms with Crippen molar-refractivity contribution >= 4 is 5.91 Å². The minimum absolute atomic E-state index is 0.0498.